The third-order valence-electron chi connectivity index (χ3n) is 1.33. The fraction of sp³-hybridized carbons (Fsp3) is 0.455. The Labute approximate surface area is 90.0 Å². The van der Waals surface area contributed by atoms with Gasteiger partial charge in [0.15, 0.2) is 0 Å². The lowest BCUT2D eigenvalue weighted by atomic mass is 10.2. The molecule has 1 amide bonds. The molecule has 0 radical (unpaired) electrons. The van der Waals surface area contributed by atoms with Gasteiger partial charge in [0.2, 0.25) is 0 Å². The molecule has 0 aromatic carbocycles. The minimum Gasteiger partial charge on any atom is -0.444 e. The molecule has 0 heterocycles. The van der Waals surface area contributed by atoms with Crippen LogP contribution in [0.3, 0.4) is 0 Å². The molecule has 15 heavy (non-hydrogen) atoms. The van der Waals surface area contributed by atoms with Crippen molar-refractivity contribution in [1.82, 2.24) is 5.32 Å². The predicted molar refractivity (Wildman–Crippen MR) is 58.6 cm³/mol. The normalized spacial score (nSPS) is 13.3. The maximum Gasteiger partial charge on any atom is 0.408 e. The smallest absolute Gasteiger partial charge is 0.408 e. The number of ether oxygens (including phenoxy) is 1. The van der Waals surface area contributed by atoms with Gasteiger partial charge in [0.25, 0.3) is 0 Å². The Hall–Kier alpha value is -1.58. The summed E-state index contributed by atoms with van der Waals surface area (Å²) in [6.07, 6.45) is 4.41. The SMILES string of the molecule is C=CC(C=CC=O)NC(=O)OC(C)(C)C. The molecule has 1 unspecified atom stereocenters. The topological polar surface area (TPSA) is 55.4 Å². The summed E-state index contributed by atoms with van der Waals surface area (Å²) < 4.78 is 5.03. The molecule has 0 spiro atoms. The Balaban J connectivity index is 4.19. The van der Waals surface area contributed by atoms with Gasteiger partial charge < -0.3 is 10.1 Å². The van der Waals surface area contributed by atoms with E-state index in [9.17, 15) is 9.59 Å². The van der Waals surface area contributed by atoms with Crippen LogP contribution >= 0.6 is 0 Å². The molecule has 0 aliphatic heterocycles. The Morgan fingerprint density at radius 3 is 2.47 bits per heavy atom. The van der Waals surface area contributed by atoms with Gasteiger partial charge in [-0.05, 0) is 26.8 Å². The molecule has 0 aliphatic carbocycles. The summed E-state index contributed by atoms with van der Waals surface area (Å²) in [5.41, 5.74) is -0.538. The number of carbonyl (C=O) groups excluding carboxylic acids is 2. The molecular weight excluding hydrogens is 194 g/mol. The van der Waals surface area contributed by atoms with Crippen LogP contribution in [0.15, 0.2) is 24.8 Å². The molecule has 0 aliphatic rings. The zero-order valence-corrected chi connectivity index (χ0v) is 9.32. The van der Waals surface area contributed by atoms with Crippen LogP contribution in [0, 0.1) is 0 Å². The number of nitrogens with one attached hydrogen (secondary N) is 1. The lowest BCUT2D eigenvalue weighted by Crippen LogP contribution is -2.37. The highest BCUT2D eigenvalue weighted by Crippen LogP contribution is 2.06. The molecule has 0 aromatic rings. The van der Waals surface area contributed by atoms with Crippen LogP contribution in [0.5, 0.6) is 0 Å². The van der Waals surface area contributed by atoms with Gasteiger partial charge in [0, 0.05) is 0 Å². The van der Waals surface area contributed by atoms with Crippen molar-refractivity contribution in [2.24, 2.45) is 0 Å². The second-order valence-corrected chi connectivity index (χ2v) is 3.93. The number of hydrogen-bond acceptors (Lipinski definition) is 3. The van der Waals surface area contributed by atoms with Gasteiger partial charge in [-0.2, -0.15) is 0 Å². The van der Waals surface area contributed by atoms with E-state index < -0.39 is 17.7 Å². The van der Waals surface area contributed by atoms with E-state index >= 15 is 0 Å². The molecule has 4 heteroatoms. The number of carbonyl (C=O) groups is 2. The van der Waals surface area contributed by atoms with E-state index in [0.29, 0.717) is 6.29 Å². The third kappa shape index (κ3) is 7.49. The lowest BCUT2D eigenvalue weighted by molar-refractivity contribution is -0.104. The molecule has 0 saturated carbocycles. The predicted octanol–water partition coefficient (Wildman–Crippen LogP) is 1.82. The summed E-state index contributed by atoms with van der Waals surface area (Å²) in [5, 5.41) is 2.53. The summed E-state index contributed by atoms with van der Waals surface area (Å²) >= 11 is 0. The van der Waals surface area contributed by atoms with Crippen LogP contribution < -0.4 is 5.32 Å². The summed E-state index contributed by atoms with van der Waals surface area (Å²) in [6, 6.07) is -0.398. The van der Waals surface area contributed by atoms with Crippen molar-refractivity contribution in [2.45, 2.75) is 32.4 Å². The maximum atomic E-state index is 11.3. The van der Waals surface area contributed by atoms with E-state index in [-0.39, 0.29) is 0 Å². The van der Waals surface area contributed by atoms with Crippen molar-refractivity contribution in [2.75, 3.05) is 0 Å². The first-order valence-corrected chi connectivity index (χ1v) is 4.63. The highest BCUT2D eigenvalue weighted by atomic mass is 16.6. The molecule has 4 nitrogen and oxygen atoms in total. The van der Waals surface area contributed by atoms with E-state index in [1.807, 2.05) is 0 Å². The monoisotopic (exact) mass is 211 g/mol. The lowest BCUT2D eigenvalue weighted by Gasteiger charge is -2.21. The number of hydrogen-bond donors (Lipinski definition) is 1. The Bertz CT molecular complexity index is 263. The second kappa shape index (κ2) is 6.01. The van der Waals surface area contributed by atoms with Crippen molar-refractivity contribution in [3.63, 3.8) is 0 Å². The molecule has 0 fully saturated rings. The van der Waals surface area contributed by atoms with Crippen LogP contribution in [-0.4, -0.2) is 24.0 Å². The van der Waals surface area contributed by atoms with Gasteiger partial charge in [-0.15, -0.1) is 6.58 Å². The van der Waals surface area contributed by atoms with Gasteiger partial charge in [-0.25, -0.2) is 4.79 Å². The molecule has 0 aromatic heterocycles. The van der Waals surface area contributed by atoms with Crippen molar-refractivity contribution in [3.05, 3.63) is 24.8 Å². The van der Waals surface area contributed by atoms with Crippen molar-refractivity contribution < 1.29 is 14.3 Å². The van der Waals surface area contributed by atoms with Gasteiger partial charge in [-0.1, -0.05) is 12.2 Å². The zero-order chi connectivity index (χ0) is 11.9. The molecule has 1 N–H and O–H groups in total. The molecule has 0 saturated heterocycles. The number of alkyl carbamates (subject to hydrolysis) is 1. The number of amides is 1. The molecule has 0 bridgehead atoms. The number of rotatable bonds is 4. The van der Waals surface area contributed by atoms with Crippen LogP contribution in [0.1, 0.15) is 20.8 Å². The third-order valence-corrected chi connectivity index (χ3v) is 1.33. The van der Waals surface area contributed by atoms with Gasteiger partial charge in [0.05, 0.1) is 6.04 Å². The fourth-order valence-corrected chi connectivity index (χ4v) is 0.794. The molecule has 1 atom stereocenters. The second-order valence-electron chi connectivity index (χ2n) is 3.93. The highest BCUT2D eigenvalue weighted by molar-refractivity contribution is 5.69. The van der Waals surface area contributed by atoms with Crippen LogP contribution in [0.25, 0.3) is 0 Å². The quantitative estimate of drug-likeness (QED) is 0.438. The van der Waals surface area contributed by atoms with Crippen molar-refractivity contribution >= 4 is 12.4 Å². The van der Waals surface area contributed by atoms with Crippen LogP contribution in [0.4, 0.5) is 4.79 Å². The maximum absolute atomic E-state index is 11.3. The van der Waals surface area contributed by atoms with Crippen LogP contribution in [-0.2, 0) is 9.53 Å². The Morgan fingerprint density at radius 2 is 2.07 bits per heavy atom. The standard InChI is InChI=1S/C11H17NO3/c1-5-9(7-6-8-13)12-10(14)15-11(2,3)4/h5-9H,1H2,2-4H3,(H,12,14). The molecular formula is C11H17NO3. The molecule has 84 valence electrons. The summed E-state index contributed by atoms with van der Waals surface area (Å²) in [4.78, 5) is 21.4. The minimum absolute atomic E-state index is 0.398. The average Bonchev–Trinajstić information content (AvgIpc) is 2.09. The van der Waals surface area contributed by atoms with Crippen molar-refractivity contribution in [3.8, 4) is 0 Å². The average molecular weight is 211 g/mol. The first kappa shape index (κ1) is 13.4. The summed E-state index contributed by atoms with van der Waals surface area (Å²) in [7, 11) is 0. The van der Waals surface area contributed by atoms with E-state index in [1.54, 1.807) is 20.8 Å². The number of allylic oxidation sites excluding steroid dienone is 1. The Morgan fingerprint density at radius 1 is 1.47 bits per heavy atom. The highest BCUT2D eigenvalue weighted by Gasteiger charge is 2.16. The van der Waals surface area contributed by atoms with E-state index in [0.717, 1.165) is 0 Å². The summed E-state index contributed by atoms with van der Waals surface area (Å²) in [5.74, 6) is 0. The first-order valence-electron chi connectivity index (χ1n) is 4.63. The van der Waals surface area contributed by atoms with Gasteiger partial charge >= 0.3 is 6.09 Å². The molecule has 0 rings (SSSR count). The zero-order valence-electron chi connectivity index (χ0n) is 9.32. The number of aldehydes is 1. The van der Waals surface area contributed by atoms with E-state index in [4.69, 9.17) is 4.74 Å². The Kier molecular flexibility index (Phi) is 5.37. The van der Waals surface area contributed by atoms with Crippen LogP contribution in [0.2, 0.25) is 0 Å². The first-order chi connectivity index (χ1) is 6.89. The summed E-state index contributed by atoms with van der Waals surface area (Å²) in [6.45, 7) is 8.85. The fourth-order valence-electron chi connectivity index (χ4n) is 0.794. The van der Waals surface area contributed by atoms with E-state index in [2.05, 4.69) is 11.9 Å². The van der Waals surface area contributed by atoms with E-state index in [1.165, 1.54) is 18.2 Å². The minimum atomic E-state index is -0.539. The van der Waals surface area contributed by atoms with Crippen molar-refractivity contribution in [1.29, 1.82) is 0 Å². The van der Waals surface area contributed by atoms with Gasteiger partial charge in [0.1, 0.15) is 11.9 Å². The largest absolute Gasteiger partial charge is 0.444 e. The van der Waals surface area contributed by atoms with Gasteiger partial charge in [-0.3, -0.25) is 4.79 Å².